The second-order valence-corrected chi connectivity index (χ2v) is 14.4. The van der Waals surface area contributed by atoms with Crippen molar-refractivity contribution in [2.45, 2.75) is 0 Å². The molecule has 0 unspecified atom stereocenters. The molecule has 0 radical (unpaired) electrons. The lowest BCUT2D eigenvalue weighted by molar-refractivity contribution is 0.668. The number of hydrogen-bond donors (Lipinski definition) is 0. The van der Waals surface area contributed by atoms with Crippen LogP contribution in [0.25, 0.3) is 117 Å². The third-order valence-corrected chi connectivity index (χ3v) is 11.1. The van der Waals surface area contributed by atoms with Crippen LogP contribution in [0.1, 0.15) is 0 Å². The largest absolute Gasteiger partial charge is 0.456 e. The maximum atomic E-state index is 6.48. The first kappa shape index (κ1) is 31.5. The molecule has 0 aliphatic rings. The minimum absolute atomic E-state index is 0.582. The smallest absolute Gasteiger partial charge is 0.164 e. The van der Waals surface area contributed by atoms with Crippen LogP contribution in [0.2, 0.25) is 0 Å². The van der Waals surface area contributed by atoms with E-state index in [2.05, 4.69) is 126 Å². The highest BCUT2D eigenvalue weighted by atomic mass is 16.3. The van der Waals surface area contributed by atoms with Gasteiger partial charge in [0.15, 0.2) is 17.5 Å². The van der Waals surface area contributed by atoms with E-state index in [4.69, 9.17) is 23.8 Å². The van der Waals surface area contributed by atoms with E-state index in [1.165, 1.54) is 11.1 Å². The normalized spacial score (nSPS) is 11.9. The molecule has 4 heterocycles. The zero-order valence-corrected chi connectivity index (χ0v) is 30.4. The number of benzene rings is 8. The van der Waals surface area contributed by atoms with Crippen LogP contribution in [0.4, 0.5) is 0 Å². The first-order valence-electron chi connectivity index (χ1n) is 19.0. The van der Waals surface area contributed by atoms with Crippen LogP contribution in [-0.4, -0.2) is 19.5 Å². The summed E-state index contributed by atoms with van der Waals surface area (Å²) in [6.45, 7) is 0. The third kappa shape index (κ3) is 5.08. The maximum absolute atomic E-state index is 6.48. The molecule has 0 amide bonds. The van der Waals surface area contributed by atoms with Gasteiger partial charge in [0.1, 0.15) is 22.3 Å². The molecule has 12 aromatic rings. The lowest BCUT2D eigenvalue weighted by Crippen LogP contribution is -2.00. The van der Waals surface area contributed by atoms with Crippen molar-refractivity contribution >= 4 is 65.7 Å². The molecule has 57 heavy (non-hydrogen) atoms. The van der Waals surface area contributed by atoms with Crippen molar-refractivity contribution in [2.24, 2.45) is 0 Å². The number of furan rings is 2. The molecule has 0 saturated carbocycles. The third-order valence-electron chi connectivity index (χ3n) is 11.1. The van der Waals surface area contributed by atoms with Gasteiger partial charge < -0.3 is 13.4 Å². The number of aromatic nitrogens is 4. The van der Waals surface area contributed by atoms with Crippen LogP contribution in [0.15, 0.2) is 191 Å². The SMILES string of the molecule is c1ccc(-c2ccc3oc4cc(-n5c6ccccc6c6cc(-c7nc(-c8ccccc8)nc(-c8ccc9c(c8)oc8ccccc89)n7)ccc65)ccc4c3c2)cc1. The molecule has 6 heteroatoms. The van der Waals surface area contributed by atoms with Gasteiger partial charge in [-0.2, -0.15) is 0 Å². The Morgan fingerprint density at radius 3 is 1.63 bits per heavy atom. The molecule has 266 valence electrons. The Labute approximate surface area is 325 Å². The lowest BCUT2D eigenvalue weighted by atomic mass is 10.0. The molecule has 0 fully saturated rings. The van der Waals surface area contributed by atoms with Crippen LogP contribution in [-0.2, 0) is 0 Å². The fraction of sp³-hybridized carbons (Fsp3) is 0. The highest BCUT2D eigenvalue weighted by Gasteiger charge is 2.19. The van der Waals surface area contributed by atoms with Crippen molar-refractivity contribution in [2.75, 3.05) is 0 Å². The van der Waals surface area contributed by atoms with E-state index in [9.17, 15) is 0 Å². The molecule has 0 bridgehead atoms. The number of fused-ring (bicyclic) bond motifs is 9. The van der Waals surface area contributed by atoms with Gasteiger partial charge in [-0.25, -0.2) is 15.0 Å². The van der Waals surface area contributed by atoms with Crippen LogP contribution in [0, 0.1) is 0 Å². The quantitative estimate of drug-likeness (QED) is 0.176. The monoisotopic (exact) mass is 730 g/mol. The molecule has 0 spiro atoms. The van der Waals surface area contributed by atoms with Crippen molar-refractivity contribution in [3.05, 3.63) is 182 Å². The van der Waals surface area contributed by atoms with E-state index >= 15 is 0 Å². The Hall–Kier alpha value is -7.83. The summed E-state index contributed by atoms with van der Waals surface area (Å²) in [4.78, 5) is 15.2. The summed E-state index contributed by atoms with van der Waals surface area (Å²) in [7, 11) is 0. The average Bonchev–Trinajstić information content (AvgIpc) is 3.95. The van der Waals surface area contributed by atoms with E-state index < -0.39 is 0 Å². The highest BCUT2D eigenvalue weighted by molar-refractivity contribution is 6.12. The summed E-state index contributed by atoms with van der Waals surface area (Å²) in [5.74, 6) is 1.79. The second-order valence-electron chi connectivity index (χ2n) is 14.4. The summed E-state index contributed by atoms with van der Waals surface area (Å²) in [5.41, 5.74) is 11.6. The first-order valence-corrected chi connectivity index (χ1v) is 19.0. The summed E-state index contributed by atoms with van der Waals surface area (Å²) in [5, 5.41) is 6.59. The molecule has 0 aliphatic heterocycles. The number of rotatable bonds is 5. The molecular formula is C51H30N4O2. The van der Waals surface area contributed by atoms with Gasteiger partial charge in [0, 0.05) is 60.8 Å². The minimum atomic E-state index is 0.582. The van der Waals surface area contributed by atoms with Gasteiger partial charge >= 0.3 is 0 Å². The average molecular weight is 731 g/mol. The van der Waals surface area contributed by atoms with Crippen LogP contribution >= 0.6 is 0 Å². The van der Waals surface area contributed by atoms with Crippen molar-refractivity contribution in [1.29, 1.82) is 0 Å². The summed E-state index contributed by atoms with van der Waals surface area (Å²) in [6.07, 6.45) is 0. The van der Waals surface area contributed by atoms with Gasteiger partial charge in [-0.1, -0.05) is 109 Å². The molecule has 12 rings (SSSR count). The zero-order valence-electron chi connectivity index (χ0n) is 30.4. The molecule has 0 saturated heterocycles. The molecule has 8 aromatic carbocycles. The van der Waals surface area contributed by atoms with Gasteiger partial charge in [0.05, 0.1) is 11.0 Å². The van der Waals surface area contributed by atoms with Crippen molar-refractivity contribution in [1.82, 2.24) is 19.5 Å². The van der Waals surface area contributed by atoms with Crippen LogP contribution < -0.4 is 0 Å². The van der Waals surface area contributed by atoms with Crippen LogP contribution in [0.5, 0.6) is 0 Å². The molecule has 4 aromatic heterocycles. The number of nitrogens with zero attached hydrogens (tertiary/aromatic N) is 4. The van der Waals surface area contributed by atoms with Crippen LogP contribution in [0.3, 0.4) is 0 Å². The molecule has 0 aliphatic carbocycles. The second kappa shape index (κ2) is 12.3. The Morgan fingerprint density at radius 2 is 0.825 bits per heavy atom. The Kier molecular flexibility index (Phi) is 6.83. The van der Waals surface area contributed by atoms with E-state index in [1.54, 1.807) is 0 Å². The predicted molar refractivity (Wildman–Crippen MR) is 230 cm³/mol. The van der Waals surface area contributed by atoms with Gasteiger partial charge in [0.25, 0.3) is 0 Å². The number of hydrogen-bond acceptors (Lipinski definition) is 5. The van der Waals surface area contributed by atoms with Gasteiger partial charge in [-0.05, 0) is 77.9 Å². The first-order chi connectivity index (χ1) is 28.2. The Morgan fingerprint density at radius 1 is 0.298 bits per heavy atom. The van der Waals surface area contributed by atoms with Gasteiger partial charge in [0.2, 0.25) is 0 Å². The fourth-order valence-electron chi connectivity index (χ4n) is 8.32. The van der Waals surface area contributed by atoms with E-state index in [0.29, 0.717) is 17.5 Å². The van der Waals surface area contributed by atoms with Gasteiger partial charge in [-0.15, -0.1) is 0 Å². The van der Waals surface area contributed by atoms with E-state index in [0.717, 1.165) is 88.1 Å². The van der Waals surface area contributed by atoms with Gasteiger partial charge in [-0.3, -0.25) is 0 Å². The molecular weight excluding hydrogens is 701 g/mol. The maximum Gasteiger partial charge on any atom is 0.164 e. The Bertz CT molecular complexity index is 3530. The topological polar surface area (TPSA) is 69.9 Å². The predicted octanol–water partition coefficient (Wildman–Crippen LogP) is 13.4. The van der Waals surface area contributed by atoms with E-state index in [-0.39, 0.29) is 0 Å². The van der Waals surface area contributed by atoms with Crippen molar-refractivity contribution < 1.29 is 8.83 Å². The molecule has 0 atom stereocenters. The standard InChI is InChI=1S/C51H30N4O2/c1-3-11-31(12-4-1)33-21-26-46-42(27-33)40-24-22-36(30-48(40)57-46)55-43-17-9-7-15-37(43)41-28-34(20-25-44(41)55)50-52-49(32-13-5-2-6-14-32)53-51(54-50)35-19-23-39-38-16-8-10-18-45(38)56-47(39)29-35/h1-30H. The van der Waals surface area contributed by atoms with E-state index in [1.807, 2.05) is 60.7 Å². The lowest BCUT2D eigenvalue weighted by Gasteiger charge is -2.10. The fourth-order valence-corrected chi connectivity index (χ4v) is 8.32. The summed E-state index contributed by atoms with van der Waals surface area (Å²) < 4.78 is 15.0. The minimum Gasteiger partial charge on any atom is -0.456 e. The molecule has 0 N–H and O–H groups in total. The highest BCUT2D eigenvalue weighted by Crippen LogP contribution is 2.39. The summed E-state index contributed by atoms with van der Waals surface area (Å²) >= 11 is 0. The summed E-state index contributed by atoms with van der Waals surface area (Å²) in [6, 6.07) is 62.8. The van der Waals surface area contributed by atoms with Crippen molar-refractivity contribution in [3.8, 4) is 51.0 Å². The van der Waals surface area contributed by atoms with Crippen molar-refractivity contribution in [3.63, 3.8) is 0 Å². The Balaban J connectivity index is 1.00. The zero-order chi connectivity index (χ0) is 37.5. The molecule has 6 nitrogen and oxygen atoms in total. The number of para-hydroxylation sites is 2.